The largest absolute Gasteiger partial charge is 0.390 e. The van der Waals surface area contributed by atoms with Gasteiger partial charge in [0.1, 0.15) is 5.82 Å². The molecule has 0 amide bonds. The third-order valence-corrected chi connectivity index (χ3v) is 10.7. The highest BCUT2D eigenvalue weighted by atomic mass is 19.1. The van der Waals surface area contributed by atoms with Gasteiger partial charge in [0.05, 0.1) is 5.60 Å². The number of hydrogen-bond donors (Lipinski definition) is 1. The Labute approximate surface area is 187 Å². The van der Waals surface area contributed by atoms with Crippen LogP contribution in [0, 0.1) is 53.2 Å². The zero-order chi connectivity index (χ0) is 22.2. The van der Waals surface area contributed by atoms with E-state index in [1.165, 1.54) is 25.3 Å². The molecule has 0 spiro atoms. The molecular weight excluding hydrogens is 387 g/mol. The fourth-order valence-electron chi connectivity index (χ4n) is 8.81. The lowest BCUT2D eigenvalue weighted by Crippen LogP contribution is -2.55. The lowest BCUT2D eigenvalue weighted by molar-refractivity contribution is -0.144. The molecule has 0 saturated heterocycles. The van der Waals surface area contributed by atoms with Gasteiger partial charge in [-0.2, -0.15) is 0 Å². The minimum atomic E-state index is -0.492. The van der Waals surface area contributed by atoms with Crippen molar-refractivity contribution >= 4 is 5.78 Å². The summed E-state index contributed by atoms with van der Waals surface area (Å²) in [6.45, 7) is 8.66. The summed E-state index contributed by atoms with van der Waals surface area (Å²) in [5, 5.41) is 10.7. The van der Waals surface area contributed by atoms with Crippen molar-refractivity contribution in [2.45, 2.75) is 91.1 Å². The van der Waals surface area contributed by atoms with Gasteiger partial charge in [0.15, 0.2) is 5.78 Å². The van der Waals surface area contributed by atoms with Crippen LogP contribution in [0.15, 0.2) is 18.2 Å². The molecule has 170 valence electrons. The molecule has 4 aliphatic rings. The first kappa shape index (κ1) is 21.6. The van der Waals surface area contributed by atoms with E-state index in [1.807, 2.05) is 13.0 Å². The molecule has 0 heterocycles. The van der Waals surface area contributed by atoms with Gasteiger partial charge in [0.2, 0.25) is 0 Å². The number of carbonyl (C=O) groups is 1. The molecule has 0 bridgehead atoms. The van der Waals surface area contributed by atoms with Crippen LogP contribution in [0.5, 0.6) is 0 Å². The van der Waals surface area contributed by atoms with Gasteiger partial charge < -0.3 is 5.11 Å². The molecule has 4 saturated carbocycles. The Kier molecular flexibility index (Phi) is 4.98. The van der Waals surface area contributed by atoms with E-state index in [2.05, 4.69) is 13.8 Å². The van der Waals surface area contributed by atoms with Crippen molar-refractivity contribution in [1.29, 1.82) is 0 Å². The minimum absolute atomic E-state index is 0.0261. The number of aryl methyl sites for hydroxylation is 1. The van der Waals surface area contributed by atoms with Crippen molar-refractivity contribution in [2.75, 3.05) is 0 Å². The Morgan fingerprint density at radius 2 is 1.71 bits per heavy atom. The summed E-state index contributed by atoms with van der Waals surface area (Å²) in [7, 11) is 0. The van der Waals surface area contributed by atoms with Crippen molar-refractivity contribution in [2.24, 2.45) is 40.4 Å². The van der Waals surface area contributed by atoms with Crippen LogP contribution in [-0.2, 0) is 0 Å². The predicted molar refractivity (Wildman–Crippen MR) is 121 cm³/mol. The van der Waals surface area contributed by atoms with E-state index >= 15 is 0 Å². The normalized spacial score (nSPS) is 46.7. The summed E-state index contributed by atoms with van der Waals surface area (Å²) in [6, 6.07) is 5.03. The fraction of sp³-hybridized carbons (Fsp3) is 0.750. The smallest absolute Gasteiger partial charge is 0.166 e. The van der Waals surface area contributed by atoms with E-state index in [9.17, 15) is 14.3 Å². The van der Waals surface area contributed by atoms with Gasteiger partial charge in [-0.3, -0.25) is 4.79 Å². The zero-order valence-electron chi connectivity index (χ0n) is 19.7. The SMILES string of the molecule is Cc1ccc(C(=O)[C@H]2CC[C@H]3[C@@H]4CC[C@@H]5C[C@](C)(O)CC[C@]5(C)[C@H]4CC[C@]23C)cc1F. The second-order valence-corrected chi connectivity index (χ2v) is 12.4. The number of Topliss-reactive ketones (excluding diaryl/α,β-unsaturated/α-hetero) is 1. The van der Waals surface area contributed by atoms with Crippen LogP contribution in [0.1, 0.15) is 94.5 Å². The topological polar surface area (TPSA) is 37.3 Å². The van der Waals surface area contributed by atoms with Crippen LogP contribution in [-0.4, -0.2) is 16.5 Å². The summed E-state index contributed by atoms with van der Waals surface area (Å²) in [5.41, 5.74) is 1.05. The molecule has 0 radical (unpaired) electrons. The Bertz CT molecular complexity index is 891. The lowest BCUT2D eigenvalue weighted by Gasteiger charge is -2.61. The maximum atomic E-state index is 14.2. The van der Waals surface area contributed by atoms with Crippen LogP contribution in [0.4, 0.5) is 4.39 Å². The second-order valence-electron chi connectivity index (χ2n) is 12.4. The van der Waals surface area contributed by atoms with E-state index in [-0.39, 0.29) is 22.9 Å². The number of hydrogen-bond acceptors (Lipinski definition) is 2. The van der Waals surface area contributed by atoms with Crippen LogP contribution >= 0.6 is 0 Å². The molecule has 3 heteroatoms. The van der Waals surface area contributed by atoms with E-state index in [1.54, 1.807) is 13.0 Å². The highest BCUT2D eigenvalue weighted by Gasteiger charge is 2.61. The summed E-state index contributed by atoms with van der Waals surface area (Å²) in [5.74, 6) is 2.59. The van der Waals surface area contributed by atoms with Gasteiger partial charge in [-0.15, -0.1) is 0 Å². The monoisotopic (exact) mass is 426 g/mol. The molecule has 4 fully saturated rings. The summed E-state index contributed by atoms with van der Waals surface area (Å²) >= 11 is 0. The second kappa shape index (κ2) is 7.14. The molecule has 5 rings (SSSR count). The molecule has 1 aromatic rings. The third-order valence-electron chi connectivity index (χ3n) is 10.7. The third kappa shape index (κ3) is 3.24. The van der Waals surface area contributed by atoms with Crippen LogP contribution < -0.4 is 0 Å². The molecule has 4 aliphatic carbocycles. The van der Waals surface area contributed by atoms with Gasteiger partial charge >= 0.3 is 0 Å². The molecule has 1 N–H and O–H groups in total. The molecule has 1 aromatic carbocycles. The van der Waals surface area contributed by atoms with Gasteiger partial charge in [-0.1, -0.05) is 26.0 Å². The molecule has 0 aromatic heterocycles. The van der Waals surface area contributed by atoms with E-state index in [0.29, 0.717) is 34.3 Å². The Morgan fingerprint density at radius 1 is 0.968 bits per heavy atom. The average Bonchev–Trinajstić information content (AvgIpc) is 3.07. The molecular formula is C28H39FO2. The van der Waals surface area contributed by atoms with Gasteiger partial charge in [0.25, 0.3) is 0 Å². The zero-order valence-corrected chi connectivity index (χ0v) is 19.7. The quantitative estimate of drug-likeness (QED) is 0.533. The van der Waals surface area contributed by atoms with Crippen molar-refractivity contribution < 1.29 is 14.3 Å². The molecule has 31 heavy (non-hydrogen) atoms. The van der Waals surface area contributed by atoms with Crippen molar-refractivity contribution in [3.8, 4) is 0 Å². The minimum Gasteiger partial charge on any atom is -0.390 e. The molecule has 8 atom stereocenters. The lowest BCUT2D eigenvalue weighted by atomic mass is 9.44. The van der Waals surface area contributed by atoms with Crippen LogP contribution in [0.3, 0.4) is 0 Å². The number of ketones is 1. The van der Waals surface area contributed by atoms with E-state index in [0.717, 1.165) is 44.4 Å². The summed E-state index contributed by atoms with van der Waals surface area (Å²) in [4.78, 5) is 13.5. The maximum Gasteiger partial charge on any atom is 0.166 e. The molecule has 0 aliphatic heterocycles. The maximum absolute atomic E-state index is 14.2. The highest BCUT2D eigenvalue weighted by molar-refractivity contribution is 5.98. The van der Waals surface area contributed by atoms with Crippen molar-refractivity contribution in [1.82, 2.24) is 0 Å². The molecule has 2 nitrogen and oxygen atoms in total. The Hall–Kier alpha value is -1.22. The van der Waals surface area contributed by atoms with Crippen LogP contribution in [0.2, 0.25) is 0 Å². The highest BCUT2D eigenvalue weighted by Crippen LogP contribution is 2.68. The first-order chi connectivity index (χ1) is 14.6. The average molecular weight is 427 g/mol. The van der Waals surface area contributed by atoms with Crippen molar-refractivity contribution in [3.05, 3.63) is 35.1 Å². The van der Waals surface area contributed by atoms with Gasteiger partial charge in [0, 0.05) is 11.5 Å². The summed E-state index contributed by atoms with van der Waals surface area (Å²) < 4.78 is 14.2. The number of halogens is 1. The number of carbonyl (C=O) groups excluding carboxylic acids is 1. The first-order valence-corrected chi connectivity index (χ1v) is 12.6. The van der Waals surface area contributed by atoms with Crippen molar-refractivity contribution in [3.63, 3.8) is 0 Å². The van der Waals surface area contributed by atoms with Gasteiger partial charge in [-0.25, -0.2) is 4.39 Å². The fourth-order valence-corrected chi connectivity index (χ4v) is 8.81. The van der Waals surface area contributed by atoms with Gasteiger partial charge in [-0.05, 0) is 118 Å². The predicted octanol–water partition coefficient (Wildman–Crippen LogP) is 6.73. The standard InChI is InChI=1S/C28H39FO2/c1-17-5-6-18(15-24(17)29)25(30)23-10-9-21-20-8-7-19-16-26(2,31)13-14-27(19,3)22(20)11-12-28(21,23)4/h5-6,15,19-23,31H,7-14,16H2,1-4H3/t19-,20+,21+,22+,23-,26-,27+,28+/m1/s1. The number of fused-ring (bicyclic) bond motifs is 5. The van der Waals surface area contributed by atoms with E-state index in [4.69, 9.17) is 0 Å². The summed E-state index contributed by atoms with van der Waals surface area (Å²) in [6.07, 6.45) is 9.90. The number of aliphatic hydroxyl groups is 1. The number of rotatable bonds is 2. The van der Waals surface area contributed by atoms with Crippen LogP contribution in [0.25, 0.3) is 0 Å². The number of benzene rings is 1. The Morgan fingerprint density at radius 3 is 2.45 bits per heavy atom. The Balaban J connectivity index is 1.39. The van der Waals surface area contributed by atoms with E-state index < -0.39 is 5.60 Å². The molecule has 0 unspecified atom stereocenters. The first-order valence-electron chi connectivity index (χ1n) is 12.6.